The van der Waals surface area contributed by atoms with E-state index < -0.39 is 12.1 Å². The molecule has 0 radical (unpaired) electrons. The van der Waals surface area contributed by atoms with E-state index in [1.54, 1.807) is 12.1 Å². The molecule has 1 saturated heterocycles. The monoisotopic (exact) mass is 506 g/mol. The Balaban J connectivity index is 0.00000289. The van der Waals surface area contributed by atoms with Crippen LogP contribution in [0.15, 0.2) is 53.3 Å². The molecule has 0 amide bonds. The summed E-state index contributed by atoms with van der Waals surface area (Å²) in [7, 11) is 2.07. The van der Waals surface area contributed by atoms with Crippen molar-refractivity contribution in [2.45, 2.75) is 25.6 Å². The van der Waals surface area contributed by atoms with Gasteiger partial charge in [-0.3, -0.25) is 0 Å². The number of hydrogen-bond acceptors (Lipinski definition) is 6. The minimum atomic E-state index is -4.66. The van der Waals surface area contributed by atoms with Crippen LogP contribution in [0.5, 0.6) is 0 Å². The van der Waals surface area contributed by atoms with Gasteiger partial charge in [-0.05, 0) is 49.1 Å². The fraction of sp³-hybridized carbons (Fsp3) is 0.375. The molecule has 4 aromatic rings. The van der Waals surface area contributed by atoms with Crippen LogP contribution < -0.4 is 10.2 Å². The van der Waals surface area contributed by atoms with E-state index in [2.05, 4.69) is 71.9 Å². The minimum Gasteiger partial charge on any atom is -0.357 e. The van der Waals surface area contributed by atoms with Crippen LogP contribution >= 0.6 is 12.4 Å². The molecule has 1 N–H and O–H groups in total. The maximum Gasteiger partial charge on any atom is 0.471 e. The highest BCUT2D eigenvalue weighted by Crippen LogP contribution is 2.30. The van der Waals surface area contributed by atoms with Crippen molar-refractivity contribution < 1.29 is 17.7 Å². The molecule has 1 aliphatic heterocycles. The smallest absolute Gasteiger partial charge is 0.357 e. The van der Waals surface area contributed by atoms with Crippen LogP contribution in [0.4, 0.5) is 19.0 Å². The lowest BCUT2D eigenvalue weighted by molar-refractivity contribution is -0.159. The normalized spacial score (nSPS) is 14.9. The minimum absolute atomic E-state index is 0. The van der Waals surface area contributed by atoms with Crippen LogP contribution in [0.1, 0.15) is 24.3 Å². The van der Waals surface area contributed by atoms with E-state index in [-0.39, 0.29) is 18.2 Å². The quantitative estimate of drug-likeness (QED) is 0.393. The van der Waals surface area contributed by atoms with Crippen molar-refractivity contribution in [1.29, 1.82) is 0 Å². The molecule has 1 aliphatic rings. The van der Waals surface area contributed by atoms with Crippen LogP contribution in [0.25, 0.3) is 22.3 Å². The predicted octanol–water partition coefficient (Wildman–Crippen LogP) is 5.07. The van der Waals surface area contributed by atoms with Gasteiger partial charge in [-0.25, -0.2) is 4.98 Å². The van der Waals surface area contributed by atoms with Crippen LogP contribution in [0.2, 0.25) is 0 Å². The molecule has 5 rings (SSSR count). The first-order chi connectivity index (χ1) is 16.4. The van der Waals surface area contributed by atoms with E-state index >= 15 is 0 Å². The SMILES string of the molecule is Cl.Cn1cc(CNCC2CCN(c3ccc(-c4noc(C(F)(F)F)n4)cn3)CC2)c2ccccc21. The van der Waals surface area contributed by atoms with Gasteiger partial charge in [0.1, 0.15) is 5.82 Å². The number of para-hydroxylation sites is 1. The van der Waals surface area contributed by atoms with E-state index in [1.165, 1.54) is 22.7 Å². The van der Waals surface area contributed by atoms with Gasteiger partial charge in [-0.2, -0.15) is 18.2 Å². The standard InChI is InChI=1S/C24H25F3N6O.ClH/c1-32-15-18(19-4-2-3-5-20(19)32)13-28-12-16-8-10-33(11-9-16)21-7-6-17(14-29-21)22-30-23(34-31-22)24(25,26)27;/h2-7,14-16,28H,8-13H2,1H3;1H. The fourth-order valence-electron chi connectivity index (χ4n) is 4.50. The largest absolute Gasteiger partial charge is 0.471 e. The van der Waals surface area contributed by atoms with Crippen molar-refractivity contribution in [2.24, 2.45) is 13.0 Å². The first kappa shape index (κ1) is 25.0. The summed E-state index contributed by atoms with van der Waals surface area (Å²) >= 11 is 0. The summed E-state index contributed by atoms with van der Waals surface area (Å²) in [4.78, 5) is 10.0. The summed E-state index contributed by atoms with van der Waals surface area (Å²) in [5.41, 5.74) is 2.94. The number of piperidine rings is 1. The molecule has 0 saturated carbocycles. The van der Waals surface area contributed by atoms with Crippen LogP contribution in [-0.4, -0.2) is 39.3 Å². The fourth-order valence-corrected chi connectivity index (χ4v) is 4.50. The summed E-state index contributed by atoms with van der Waals surface area (Å²) in [6.07, 6.45) is 1.11. The molecule has 3 aromatic heterocycles. The number of nitrogens with zero attached hydrogens (tertiary/aromatic N) is 5. The molecular weight excluding hydrogens is 481 g/mol. The van der Waals surface area contributed by atoms with Crippen molar-refractivity contribution in [1.82, 2.24) is 25.0 Å². The highest BCUT2D eigenvalue weighted by Gasteiger charge is 2.38. The Bertz CT molecular complexity index is 1260. The number of aryl methyl sites for hydroxylation is 1. The number of anilines is 1. The summed E-state index contributed by atoms with van der Waals surface area (Å²) < 4.78 is 44.4. The lowest BCUT2D eigenvalue weighted by Gasteiger charge is -2.33. The second-order valence-electron chi connectivity index (χ2n) is 8.67. The van der Waals surface area contributed by atoms with Crippen LogP contribution in [-0.2, 0) is 19.8 Å². The van der Waals surface area contributed by atoms with Gasteiger partial charge >= 0.3 is 12.1 Å². The molecule has 1 fully saturated rings. The van der Waals surface area contributed by atoms with E-state index in [0.717, 1.165) is 44.8 Å². The van der Waals surface area contributed by atoms with Crippen molar-refractivity contribution >= 4 is 29.1 Å². The van der Waals surface area contributed by atoms with E-state index in [9.17, 15) is 13.2 Å². The Hall–Kier alpha value is -3.11. The number of nitrogens with one attached hydrogen (secondary N) is 1. The highest BCUT2D eigenvalue weighted by molar-refractivity contribution is 5.85. The third-order valence-corrected chi connectivity index (χ3v) is 6.34. The topological polar surface area (TPSA) is 72.0 Å². The van der Waals surface area contributed by atoms with Gasteiger partial charge in [0.25, 0.3) is 0 Å². The molecule has 11 heteroatoms. The molecular formula is C24H26ClF3N6O. The van der Waals surface area contributed by atoms with E-state index in [1.807, 2.05) is 0 Å². The maximum atomic E-state index is 12.7. The third-order valence-electron chi connectivity index (χ3n) is 6.34. The number of fused-ring (bicyclic) bond motifs is 1. The molecule has 1 aromatic carbocycles. The van der Waals surface area contributed by atoms with E-state index in [4.69, 9.17) is 0 Å². The van der Waals surface area contributed by atoms with Gasteiger partial charge in [0.15, 0.2) is 0 Å². The highest BCUT2D eigenvalue weighted by atomic mass is 35.5. The second kappa shape index (κ2) is 10.2. The molecule has 0 unspecified atom stereocenters. The van der Waals surface area contributed by atoms with Crippen molar-refractivity contribution in [2.75, 3.05) is 24.5 Å². The van der Waals surface area contributed by atoms with Gasteiger partial charge in [0.05, 0.1) is 0 Å². The molecule has 186 valence electrons. The van der Waals surface area contributed by atoms with Crippen molar-refractivity contribution in [3.63, 3.8) is 0 Å². The van der Waals surface area contributed by atoms with Crippen molar-refractivity contribution in [3.05, 3.63) is 60.2 Å². The Kier molecular flexibility index (Phi) is 7.32. The lowest BCUT2D eigenvalue weighted by Crippen LogP contribution is -2.37. The zero-order valence-corrected chi connectivity index (χ0v) is 19.9. The zero-order chi connectivity index (χ0) is 23.7. The van der Waals surface area contributed by atoms with Crippen molar-refractivity contribution in [3.8, 4) is 11.4 Å². The zero-order valence-electron chi connectivity index (χ0n) is 19.1. The number of halogens is 4. The second-order valence-corrected chi connectivity index (χ2v) is 8.67. The number of benzene rings is 1. The Morgan fingerprint density at radius 2 is 1.89 bits per heavy atom. The van der Waals surface area contributed by atoms with Crippen LogP contribution in [0, 0.1) is 5.92 Å². The number of aromatic nitrogens is 4. The molecule has 0 spiro atoms. The molecule has 35 heavy (non-hydrogen) atoms. The van der Waals surface area contributed by atoms with Gasteiger partial charge in [0, 0.05) is 55.5 Å². The summed E-state index contributed by atoms with van der Waals surface area (Å²) in [6.45, 7) is 3.57. The number of rotatable bonds is 6. The maximum absolute atomic E-state index is 12.7. The van der Waals surface area contributed by atoms with E-state index in [0.29, 0.717) is 11.5 Å². The molecule has 0 aliphatic carbocycles. The summed E-state index contributed by atoms with van der Waals surface area (Å²) in [5, 5.41) is 8.31. The Morgan fingerprint density at radius 3 is 2.57 bits per heavy atom. The summed E-state index contributed by atoms with van der Waals surface area (Å²) in [5.74, 6) is -0.0962. The van der Waals surface area contributed by atoms with Gasteiger partial charge in [-0.15, -0.1) is 12.4 Å². The average Bonchev–Trinajstić information content (AvgIpc) is 3.46. The van der Waals surface area contributed by atoms with Crippen LogP contribution in [0.3, 0.4) is 0 Å². The third kappa shape index (κ3) is 5.43. The number of alkyl halides is 3. The van der Waals surface area contributed by atoms with Gasteiger partial charge in [0.2, 0.25) is 5.82 Å². The Morgan fingerprint density at radius 1 is 1.11 bits per heavy atom. The van der Waals surface area contributed by atoms with Gasteiger partial charge < -0.3 is 19.3 Å². The Labute approximate surface area is 206 Å². The first-order valence-electron chi connectivity index (χ1n) is 11.2. The molecule has 7 nitrogen and oxygen atoms in total. The predicted molar refractivity (Wildman–Crippen MR) is 129 cm³/mol. The first-order valence-corrected chi connectivity index (χ1v) is 11.2. The van der Waals surface area contributed by atoms with Gasteiger partial charge in [-0.1, -0.05) is 23.4 Å². The molecule has 0 atom stereocenters. The molecule has 4 heterocycles. The lowest BCUT2D eigenvalue weighted by atomic mass is 9.96. The number of pyridine rings is 1. The summed E-state index contributed by atoms with van der Waals surface area (Å²) in [6, 6.07) is 11.9. The average molecular weight is 507 g/mol. The molecule has 0 bridgehead atoms. The number of hydrogen-bond donors (Lipinski definition) is 1.